The van der Waals surface area contributed by atoms with Gasteiger partial charge in [-0.25, -0.2) is 13.4 Å². The van der Waals surface area contributed by atoms with Crippen LogP contribution >= 0.6 is 0 Å². The number of benzene rings is 2. The number of nitrogens with one attached hydrogen (secondary N) is 1. The molecule has 1 heterocycles. The first kappa shape index (κ1) is 19.0. The van der Waals surface area contributed by atoms with Gasteiger partial charge in [-0.1, -0.05) is 12.1 Å². The van der Waals surface area contributed by atoms with Gasteiger partial charge < -0.3 is 4.42 Å². The highest BCUT2D eigenvalue weighted by Crippen LogP contribution is 2.29. The molecule has 0 bridgehead atoms. The second-order valence-electron chi connectivity index (χ2n) is 5.81. The Labute approximate surface area is 153 Å². The molecule has 9 heteroatoms. The minimum Gasteiger partial charge on any atom is -0.444 e. The number of nitrogens with zero attached hydrogens (tertiary/aromatic N) is 1. The Morgan fingerprint density at radius 3 is 2.22 bits per heavy atom. The molecule has 0 unspecified atom stereocenters. The van der Waals surface area contributed by atoms with E-state index in [1.54, 1.807) is 30.5 Å². The number of sulfonamides is 1. The van der Waals surface area contributed by atoms with Crippen LogP contribution in [0, 0.1) is 0 Å². The molecule has 142 valence electrons. The number of alkyl halides is 3. The average molecular weight is 396 g/mol. The molecule has 0 amide bonds. The lowest BCUT2D eigenvalue weighted by molar-refractivity contribution is -0.137. The zero-order valence-corrected chi connectivity index (χ0v) is 14.7. The normalized spacial score (nSPS) is 12.1. The summed E-state index contributed by atoms with van der Waals surface area (Å²) in [5.74, 6) is 0.314. The van der Waals surface area contributed by atoms with Gasteiger partial charge in [0.15, 0.2) is 12.2 Å². The average Bonchev–Trinajstić information content (AvgIpc) is 3.15. The lowest BCUT2D eigenvalue weighted by Crippen LogP contribution is -2.18. The number of hydrogen-bond acceptors (Lipinski definition) is 4. The molecule has 0 aliphatic rings. The number of hydrogen-bond donors (Lipinski definition) is 1. The summed E-state index contributed by atoms with van der Waals surface area (Å²) >= 11 is 0. The van der Waals surface area contributed by atoms with E-state index in [4.69, 9.17) is 4.42 Å². The molecule has 0 aliphatic carbocycles. The predicted octanol–water partition coefficient (Wildman–Crippen LogP) is 4.34. The van der Waals surface area contributed by atoms with Gasteiger partial charge in [-0.05, 0) is 48.4 Å². The van der Waals surface area contributed by atoms with Crippen molar-refractivity contribution in [2.24, 2.45) is 0 Å². The highest BCUT2D eigenvalue weighted by Gasteiger charge is 2.29. The molecule has 0 aliphatic heterocycles. The SMILES string of the molecule is O=S(=O)(CCc1ccc(C(F)(F)F)cc1)Nc1ccc(-c2cnco2)cc1. The van der Waals surface area contributed by atoms with Crippen LogP contribution in [0.5, 0.6) is 0 Å². The fraction of sp³-hybridized carbons (Fsp3) is 0.167. The van der Waals surface area contributed by atoms with Crippen molar-refractivity contribution in [1.29, 1.82) is 0 Å². The molecular formula is C18H15F3N2O3S. The van der Waals surface area contributed by atoms with Gasteiger partial charge in [-0.3, -0.25) is 4.72 Å². The molecule has 3 rings (SSSR count). The second-order valence-corrected chi connectivity index (χ2v) is 7.65. The Hall–Kier alpha value is -2.81. The topological polar surface area (TPSA) is 72.2 Å². The van der Waals surface area contributed by atoms with Crippen molar-refractivity contribution < 1.29 is 26.0 Å². The van der Waals surface area contributed by atoms with E-state index in [9.17, 15) is 21.6 Å². The van der Waals surface area contributed by atoms with Crippen LogP contribution in [-0.4, -0.2) is 19.2 Å². The number of aryl methyl sites for hydroxylation is 1. The van der Waals surface area contributed by atoms with Gasteiger partial charge >= 0.3 is 6.18 Å². The van der Waals surface area contributed by atoms with Crippen molar-refractivity contribution in [3.8, 4) is 11.3 Å². The van der Waals surface area contributed by atoms with Gasteiger partial charge in [0.05, 0.1) is 17.5 Å². The second kappa shape index (κ2) is 7.43. The molecule has 5 nitrogen and oxygen atoms in total. The summed E-state index contributed by atoms with van der Waals surface area (Å²) in [6.45, 7) is 0. The lowest BCUT2D eigenvalue weighted by Gasteiger charge is -2.10. The van der Waals surface area contributed by atoms with E-state index < -0.39 is 21.8 Å². The van der Waals surface area contributed by atoms with Gasteiger partial charge in [0.1, 0.15) is 0 Å². The molecule has 1 N–H and O–H groups in total. The number of anilines is 1. The summed E-state index contributed by atoms with van der Waals surface area (Å²) in [4.78, 5) is 3.81. The van der Waals surface area contributed by atoms with E-state index in [1.165, 1.54) is 18.5 Å². The van der Waals surface area contributed by atoms with E-state index >= 15 is 0 Å². The molecule has 1 aromatic heterocycles. The van der Waals surface area contributed by atoms with Crippen molar-refractivity contribution in [1.82, 2.24) is 4.98 Å². The van der Waals surface area contributed by atoms with Crippen molar-refractivity contribution in [2.45, 2.75) is 12.6 Å². The van der Waals surface area contributed by atoms with Crippen molar-refractivity contribution >= 4 is 15.7 Å². The molecule has 2 aromatic carbocycles. The molecule has 27 heavy (non-hydrogen) atoms. The van der Waals surface area contributed by atoms with E-state index in [1.807, 2.05) is 0 Å². The molecule has 3 aromatic rings. The highest BCUT2D eigenvalue weighted by atomic mass is 32.2. The van der Waals surface area contributed by atoms with Gasteiger partial charge in [-0.2, -0.15) is 13.2 Å². The first-order valence-corrected chi connectivity index (χ1v) is 9.54. The zero-order valence-electron chi connectivity index (χ0n) is 13.9. The van der Waals surface area contributed by atoms with Gasteiger partial charge in [0.2, 0.25) is 10.0 Å². The quantitative estimate of drug-likeness (QED) is 0.673. The number of aromatic nitrogens is 1. The summed E-state index contributed by atoms with van der Waals surface area (Å²) in [6, 6.07) is 11.0. The minimum atomic E-state index is -4.41. The van der Waals surface area contributed by atoms with E-state index in [0.29, 0.717) is 17.0 Å². The fourth-order valence-corrected chi connectivity index (χ4v) is 3.51. The predicted molar refractivity (Wildman–Crippen MR) is 94.5 cm³/mol. The standard InChI is InChI=1S/C18H15F3N2O3S/c19-18(20,21)15-5-1-13(2-6-15)9-10-27(24,25)23-16-7-3-14(4-8-16)17-11-22-12-26-17/h1-8,11-12,23H,9-10H2. The first-order chi connectivity index (χ1) is 12.7. The Kier molecular flexibility index (Phi) is 5.22. The van der Waals surface area contributed by atoms with Crippen molar-refractivity contribution in [3.05, 3.63) is 72.2 Å². The molecule has 0 saturated heterocycles. The van der Waals surface area contributed by atoms with Crippen LogP contribution in [0.4, 0.5) is 18.9 Å². The van der Waals surface area contributed by atoms with E-state index in [0.717, 1.165) is 17.7 Å². The molecule has 0 spiro atoms. The molecule has 0 fully saturated rings. The Balaban J connectivity index is 1.60. The van der Waals surface area contributed by atoms with Crippen LogP contribution in [0.3, 0.4) is 0 Å². The molecule has 0 atom stereocenters. The molecule has 0 saturated carbocycles. The van der Waals surface area contributed by atoms with E-state index in [2.05, 4.69) is 9.71 Å². The van der Waals surface area contributed by atoms with E-state index in [-0.39, 0.29) is 12.2 Å². The van der Waals surface area contributed by atoms with Gasteiger partial charge in [0, 0.05) is 11.3 Å². The van der Waals surface area contributed by atoms with Crippen LogP contribution in [0.2, 0.25) is 0 Å². The smallest absolute Gasteiger partial charge is 0.416 e. The van der Waals surface area contributed by atoms with Gasteiger partial charge in [-0.15, -0.1) is 0 Å². The Bertz CT molecular complexity index is 982. The monoisotopic (exact) mass is 396 g/mol. The maximum absolute atomic E-state index is 12.5. The third-order valence-corrected chi connectivity index (χ3v) is 5.10. The van der Waals surface area contributed by atoms with Crippen LogP contribution in [0.25, 0.3) is 11.3 Å². The summed E-state index contributed by atoms with van der Waals surface area (Å²) in [7, 11) is -3.65. The molecule has 0 radical (unpaired) electrons. The summed E-state index contributed by atoms with van der Waals surface area (Å²) < 4.78 is 69.6. The third-order valence-electron chi connectivity index (χ3n) is 3.82. The van der Waals surface area contributed by atoms with Crippen LogP contribution < -0.4 is 4.72 Å². The van der Waals surface area contributed by atoms with Crippen LogP contribution in [0.15, 0.2) is 65.5 Å². The third kappa shape index (κ3) is 5.10. The Morgan fingerprint density at radius 1 is 1.00 bits per heavy atom. The number of halogens is 3. The fourth-order valence-electron chi connectivity index (χ4n) is 2.40. The summed E-state index contributed by atoms with van der Waals surface area (Å²) in [6.07, 6.45) is -1.47. The first-order valence-electron chi connectivity index (χ1n) is 7.88. The van der Waals surface area contributed by atoms with Crippen LogP contribution in [-0.2, 0) is 22.6 Å². The zero-order chi connectivity index (χ0) is 19.5. The Morgan fingerprint density at radius 2 is 1.67 bits per heavy atom. The van der Waals surface area contributed by atoms with Gasteiger partial charge in [0.25, 0.3) is 0 Å². The number of oxazole rings is 1. The largest absolute Gasteiger partial charge is 0.444 e. The maximum atomic E-state index is 12.5. The maximum Gasteiger partial charge on any atom is 0.416 e. The summed E-state index contributed by atoms with van der Waals surface area (Å²) in [5.41, 5.74) is 0.874. The highest BCUT2D eigenvalue weighted by molar-refractivity contribution is 7.92. The number of rotatable bonds is 6. The summed E-state index contributed by atoms with van der Waals surface area (Å²) in [5, 5.41) is 0. The van der Waals surface area contributed by atoms with Crippen LogP contribution in [0.1, 0.15) is 11.1 Å². The van der Waals surface area contributed by atoms with Crippen molar-refractivity contribution in [3.63, 3.8) is 0 Å². The minimum absolute atomic E-state index is 0.101. The molecular weight excluding hydrogens is 381 g/mol. The van der Waals surface area contributed by atoms with Crippen molar-refractivity contribution in [2.75, 3.05) is 10.5 Å². The lowest BCUT2D eigenvalue weighted by atomic mass is 10.1.